The molecule has 1 aliphatic heterocycles. The molecule has 1 aliphatic rings. The number of rotatable bonds is 6. The highest BCUT2D eigenvalue weighted by atomic mass is 16.6. The molecule has 0 bridgehead atoms. The van der Waals surface area contributed by atoms with Crippen molar-refractivity contribution in [3.05, 3.63) is 96.2 Å². The highest BCUT2D eigenvalue weighted by Gasteiger charge is 2.23. The first-order chi connectivity index (χ1) is 18.1. The van der Waals surface area contributed by atoms with Crippen LogP contribution in [-0.2, 0) is 0 Å². The molecule has 1 fully saturated rings. The summed E-state index contributed by atoms with van der Waals surface area (Å²) in [4.78, 5) is 26.3. The number of hydrogen-bond donors (Lipinski definition) is 2. The lowest BCUT2D eigenvalue weighted by Gasteiger charge is -2.29. The lowest BCUT2D eigenvalue weighted by molar-refractivity contribution is 0.209. The summed E-state index contributed by atoms with van der Waals surface area (Å²) in [6, 6.07) is 25.0. The van der Waals surface area contributed by atoms with E-state index in [2.05, 4.69) is 37.6 Å². The second-order valence-electron chi connectivity index (χ2n) is 8.91. The third kappa shape index (κ3) is 5.70. The molecule has 0 unspecified atom stereocenters. The minimum Gasteiger partial charge on any atom is -0.409 e. The van der Waals surface area contributed by atoms with E-state index in [1.807, 2.05) is 74.5 Å². The zero-order valence-electron chi connectivity index (χ0n) is 21.0. The summed E-state index contributed by atoms with van der Waals surface area (Å²) >= 11 is 0. The molecule has 0 atom stereocenters. The van der Waals surface area contributed by atoms with Crippen LogP contribution in [0.2, 0.25) is 0 Å². The Hall–Kier alpha value is -4.43. The van der Waals surface area contributed by atoms with Gasteiger partial charge in [0.05, 0.1) is 5.69 Å². The molecular weight excluding hydrogens is 464 g/mol. The topological polar surface area (TPSA) is 82.6 Å². The number of carbonyl (C=O) groups is 1. The summed E-state index contributed by atoms with van der Waals surface area (Å²) in [6.45, 7) is 7.80. The van der Waals surface area contributed by atoms with Gasteiger partial charge in [-0.05, 0) is 61.4 Å². The Balaban J connectivity index is 1.39. The van der Waals surface area contributed by atoms with Crippen LogP contribution < -0.4 is 25.2 Å². The molecule has 3 aromatic carbocycles. The summed E-state index contributed by atoms with van der Waals surface area (Å²) in [7, 11) is 0. The van der Waals surface area contributed by atoms with Crippen molar-refractivity contribution in [2.75, 3.05) is 41.3 Å². The van der Waals surface area contributed by atoms with Gasteiger partial charge in [-0.1, -0.05) is 36.4 Å². The molecule has 1 amide bonds. The number of benzene rings is 3. The summed E-state index contributed by atoms with van der Waals surface area (Å²) in [5, 5.41) is 6.63. The van der Waals surface area contributed by atoms with Crippen LogP contribution in [0.5, 0.6) is 5.75 Å². The number of aryl methyl sites for hydroxylation is 2. The van der Waals surface area contributed by atoms with Gasteiger partial charge >= 0.3 is 6.09 Å². The van der Waals surface area contributed by atoms with E-state index in [9.17, 15) is 4.79 Å². The molecule has 1 aromatic heterocycles. The van der Waals surface area contributed by atoms with Crippen molar-refractivity contribution in [1.29, 1.82) is 0 Å². The lowest BCUT2D eigenvalue weighted by Crippen LogP contribution is -2.43. The molecule has 4 aromatic rings. The van der Waals surface area contributed by atoms with Crippen molar-refractivity contribution in [1.82, 2.24) is 15.3 Å². The number of para-hydroxylation sites is 2. The predicted octanol–water partition coefficient (Wildman–Crippen LogP) is 5.58. The highest BCUT2D eigenvalue weighted by Crippen LogP contribution is 2.29. The van der Waals surface area contributed by atoms with Crippen molar-refractivity contribution in [2.45, 2.75) is 13.8 Å². The van der Waals surface area contributed by atoms with Crippen molar-refractivity contribution < 1.29 is 9.53 Å². The van der Waals surface area contributed by atoms with Gasteiger partial charge in [-0.15, -0.1) is 0 Å². The largest absolute Gasteiger partial charge is 0.425 e. The first kappa shape index (κ1) is 24.3. The van der Waals surface area contributed by atoms with Gasteiger partial charge in [0.1, 0.15) is 11.6 Å². The Bertz CT molecular complexity index is 1330. The van der Waals surface area contributed by atoms with Crippen LogP contribution in [0.3, 0.4) is 0 Å². The number of anilines is 5. The van der Waals surface area contributed by atoms with E-state index in [0.717, 1.165) is 43.0 Å². The van der Waals surface area contributed by atoms with Gasteiger partial charge in [0, 0.05) is 49.8 Å². The molecule has 8 heteroatoms. The van der Waals surface area contributed by atoms with E-state index < -0.39 is 6.09 Å². The molecule has 2 heterocycles. The van der Waals surface area contributed by atoms with E-state index in [0.29, 0.717) is 23.2 Å². The Morgan fingerprint density at radius 2 is 1.62 bits per heavy atom. The van der Waals surface area contributed by atoms with Crippen LogP contribution in [0.4, 0.5) is 33.6 Å². The molecule has 0 radical (unpaired) electrons. The van der Waals surface area contributed by atoms with E-state index in [4.69, 9.17) is 4.74 Å². The van der Waals surface area contributed by atoms with Crippen molar-refractivity contribution in [3.8, 4) is 5.75 Å². The van der Waals surface area contributed by atoms with Crippen LogP contribution in [-0.4, -0.2) is 42.2 Å². The molecule has 188 valence electrons. The lowest BCUT2D eigenvalue weighted by atomic mass is 10.1. The smallest absolute Gasteiger partial charge is 0.409 e. The van der Waals surface area contributed by atoms with E-state index >= 15 is 0 Å². The van der Waals surface area contributed by atoms with Gasteiger partial charge in [0.15, 0.2) is 0 Å². The summed E-state index contributed by atoms with van der Waals surface area (Å²) in [6.07, 6.45) is 1.08. The minimum atomic E-state index is -0.548. The Morgan fingerprint density at radius 1 is 0.919 bits per heavy atom. The number of amides is 1. The summed E-state index contributed by atoms with van der Waals surface area (Å²) in [5.74, 6) is 1.33. The Labute approximate surface area is 216 Å². The zero-order chi connectivity index (χ0) is 25.6. The molecule has 1 saturated heterocycles. The summed E-state index contributed by atoms with van der Waals surface area (Å²) in [5.41, 5.74) is 4.46. The maximum atomic E-state index is 13.5. The van der Waals surface area contributed by atoms with Crippen molar-refractivity contribution >= 4 is 34.9 Å². The van der Waals surface area contributed by atoms with Gasteiger partial charge in [0.25, 0.3) is 0 Å². The number of piperazine rings is 1. The monoisotopic (exact) mass is 494 g/mol. The Kier molecular flexibility index (Phi) is 7.28. The fourth-order valence-corrected chi connectivity index (χ4v) is 4.34. The molecule has 0 spiro atoms. The number of hydrogen-bond acceptors (Lipinski definition) is 7. The third-order valence-electron chi connectivity index (χ3n) is 6.27. The number of nitrogens with zero attached hydrogens (tertiary/aromatic N) is 4. The molecule has 0 saturated carbocycles. The normalized spacial score (nSPS) is 13.2. The van der Waals surface area contributed by atoms with Crippen LogP contribution in [0.15, 0.2) is 85.1 Å². The SMILES string of the molecule is Cc1cccc(C)c1OC(=O)N(c1ccccc1)c1ccnc(Nc2ccc(N3CCNCC3)cc2)n1. The van der Waals surface area contributed by atoms with Crippen molar-refractivity contribution in [2.24, 2.45) is 0 Å². The van der Waals surface area contributed by atoms with Gasteiger partial charge in [-0.25, -0.2) is 14.7 Å². The standard InChI is InChI=1S/C29H30N6O2/c1-21-7-6-8-22(2)27(21)37-29(36)35(25-9-4-3-5-10-25)26-15-16-31-28(33-26)32-23-11-13-24(14-12-23)34-19-17-30-18-20-34/h3-16,30H,17-20H2,1-2H3,(H,31,32,33). The molecule has 5 rings (SSSR count). The van der Waals surface area contributed by atoms with Gasteiger partial charge < -0.3 is 20.3 Å². The van der Waals surface area contributed by atoms with Gasteiger partial charge in [0.2, 0.25) is 5.95 Å². The van der Waals surface area contributed by atoms with Gasteiger partial charge in [-0.3, -0.25) is 0 Å². The highest BCUT2D eigenvalue weighted by molar-refractivity contribution is 5.96. The van der Waals surface area contributed by atoms with E-state index in [1.165, 1.54) is 10.6 Å². The third-order valence-corrected chi connectivity index (χ3v) is 6.27. The van der Waals surface area contributed by atoms with Crippen molar-refractivity contribution in [3.63, 3.8) is 0 Å². The number of carbonyl (C=O) groups excluding carboxylic acids is 1. The van der Waals surface area contributed by atoms with Crippen LogP contribution in [0.25, 0.3) is 0 Å². The van der Waals surface area contributed by atoms with Crippen LogP contribution >= 0.6 is 0 Å². The zero-order valence-corrected chi connectivity index (χ0v) is 21.0. The first-order valence-electron chi connectivity index (χ1n) is 12.4. The molecule has 0 aliphatic carbocycles. The Morgan fingerprint density at radius 3 is 2.32 bits per heavy atom. The van der Waals surface area contributed by atoms with E-state index in [-0.39, 0.29) is 0 Å². The number of nitrogens with one attached hydrogen (secondary N) is 2. The second-order valence-corrected chi connectivity index (χ2v) is 8.91. The van der Waals surface area contributed by atoms with E-state index in [1.54, 1.807) is 12.3 Å². The average molecular weight is 495 g/mol. The molecule has 8 nitrogen and oxygen atoms in total. The first-order valence-corrected chi connectivity index (χ1v) is 12.4. The maximum absolute atomic E-state index is 13.5. The summed E-state index contributed by atoms with van der Waals surface area (Å²) < 4.78 is 5.87. The molecular formula is C29H30N6O2. The van der Waals surface area contributed by atoms with Gasteiger partial charge in [-0.2, -0.15) is 4.98 Å². The number of aromatic nitrogens is 2. The number of ether oxygens (including phenoxy) is 1. The second kappa shape index (κ2) is 11.1. The quantitative estimate of drug-likeness (QED) is 0.362. The predicted molar refractivity (Wildman–Crippen MR) is 147 cm³/mol. The molecule has 37 heavy (non-hydrogen) atoms. The fraction of sp³-hybridized carbons (Fsp3) is 0.207. The van der Waals surface area contributed by atoms with Crippen LogP contribution in [0, 0.1) is 13.8 Å². The van der Waals surface area contributed by atoms with Crippen LogP contribution in [0.1, 0.15) is 11.1 Å². The minimum absolute atomic E-state index is 0.383. The average Bonchev–Trinajstić information content (AvgIpc) is 2.93. The molecule has 2 N–H and O–H groups in total. The fourth-order valence-electron chi connectivity index (χ4n) is 4.34. The maximum Gasteiger partial charge on any atom is 0.425 e.